The summed E-state index contributed by atoms with van der Waals surface area (Å²) in [6, 6.07) is 0.367. The molecule has 0 bridgehead atoms. The van der Waals surface area contributed by atoms with Gasteiger partial charge in [-0.25, -0.2) is 0 Å². The van der Waals surface area contributed by atoms with Gasteiger partial charge in [0.25, 0.3) is 0 Å². The Morgan fingerprint density at radius 2 is 2.21 bits per heavy atom. The van der Waals surface area contributed by atoms with Crippen LogP contribution in [0.4, 0.5) is 0 Å². The summed E-state index contributed by atoms with van der Waals surface area (Å²) in [7, 11) is 1.95. The van der Waals surface area contributed by atoms with Gasteiger partial charge in [0.05, 0.1) is 11.9 Å². The minimum atomic E-state index is 0.265. The number of nitrogens with zero attached hydrogens (tertiary/aromatic N) is 1. The first kappa shape index (κ1) is 15.2. The Bertz CT molecular complexity index is 311. The predicted octanol–water partition coefficient (Wildman–Crippen LogP) is 2.94. The SMILES string of the molecule is C[C@@H](N(C)C(=O)CSC[C@H]1CCCCO1)C1(C)CC1. The number of amides is 1. The molecule has 4 heteroatoms. The van der Waals surface area contributed by atoms with Crippen LogP contribution in [0.1, 0.15) is 46.0 Å². The van der Waals surface area contributed by atoms with Crippen LogP contribution < -0.4 is 0 Å². The van der Waals surface area contributed by atoms with Crippen LogP contribution >= 0.6 is 11.8 Å². The molecule has 0 aromatic rings. The standard InChI is InChI=1S/C15H27NO2S/c1-12(15(2)7-8-15)16(3)14(17)11-19-10-13-6-4-5-9-18-13/h12-13H,4-11H2,1-3H3/t12-,13-/m1/s1. The van der Waals surface area contributed by atoms with E-state index in [1.807, 2.05) is 11.9 Å². The van der Waals surface area contributed by atoms with Gasteiger partial charge in [0.1, 0.15) is 0 Å². The van der Waals surface area contributed by atoms with Gasteiger partial charge >= 0.3 is 0 Å². The molecule has 0 unspecified atom stereocenters. The maximum atomic E-state index is 12.2. The molecule has 110 valence electrons. The van der Waals surface area contributed by atoms with Crippen LogP contribution in [0.5, 0.6) is 0 Å². The maximum absolute atomic E-state index is 12.2. The molecule has 1 heterocycles. The summed E-state index contributed by atoms with van der Waals surface area (Å²) in [5.74, 6) is 1.82. The molecule has 19 heavy (non-hydrogen) atoms. The van der Waals surface area contributed by atoms with Crippen molar-refractivity contribution in [3.05, 3.63) is 0 Å². The molecule has 0 radical (unpaired) electrons. The van der Waals surface area contributed by atoms with E-state index in [2.05, 4.69) is 13.8 Å². The Kier molecular flexibility index (Phi) is 5.18. The van der Waals surface area contributed by atoms with E-state index in [9.17, 15) is 4.79 Å². The molecule has 0 aromatic carbocycles. The second kappa shape index (κ2) is 6.49. The predicted molar refractivity (Wildman–Crippen MR) is 80.5 cm³/mol. The number of carbonyl (C=O) groups excluding carboxylic acids is 1. The molecule has 1 aliphatic carbocycles. The zero-order valence-electron chi connectivity index (χ0n) is 12.5. The molecule has 1 saturated carbocycles. The fourth-order valence-corrected chi connectivity index (χ4v) is 3.64. The molecule has 0 N–H and O–H groups in total. The van der Waals surface area contributed by atoms with Gasteiger partial charge in [0, 0.05) is 25.4 Å². The Hall–Kier alpha value is -0.220. The average molecular weight is 285 g/mol. The molecule has 1 aliphatic heterocycles. The maximum Gasteiger partial charge on any atom is 0.232 e. The molecule has 1 amide bonds. The molecule has 1 saturated heterocycles. The van der Waals surface area contributed by atoms with Gasteiger partial charge in [-0.2, -0.15) is 0 Å². The van der Waals surface area contributed by atoms with Crippen LogP contribution in [0, 0.1) is 5.41 Å². The van der Waals surface area contributed by atoms with Crippen molar-refractivity contribution in [1.82, 2.24) is 4.90 Å². The van der Waals surface area contributed by atoms with Crippen molar-refractivity contribution in [1.29, 1.82) is 0 Å². The van der Waals surface area contributed by atoms with Gasteiger partial charge in [-0.3, -0.25) is 4.79 Å². The summed E-state index contributed by atoms with van der Waals surface area (Å²) < 4.78 is 5.69. The Labute approximate surface area is 121 Å². The van der Waals surface area contributed by atoms with E-state index >= 15 is 0 Å². The lowest BCUT2D eigenvalue weighted by molar-refractivity contribution is -0.130. The number of hydrogen-bond acceptors (Lipinski definition) is 3. The van der Waals surface area contributed by atoms with Crippen molar-refractivity contribution >= 4 is 17.7 Å². The van der Waals surface area contributed by atoms with Crippen LogP contribution in [0.3, 0.4) is 0 Å². The molecular weight excluding hydrogens is 258 g/mol. The topological polar surface area (TPSA) is 29.5 Å². The third kappa shape index (κ3) is 4.12. The largest absolute Gasteiger partial charge is 0.377 e. The summed E-state index contributed by atoms with van der Waals surface area (Å²) in [4.78, 5) is 14.1. The first-order valence-electron chi connectivity index (χ1n) is 7.48. The zero-order valence-corrected chi connectivity index (χ0v) is 13.3. The highest BCUT2D eigenvalue weighted by Crippen LogP contribution is 2.49. The van der Waals surface area contributed by atoms with Crippen LogP contribution in [0.25, 0.3) is 0 Å². The van der Waals surface area contributed by atoms with Crippen molar-refractivity contribution in [2.24, 2.45) is 5.41 Å². The van der Waals surface area contributed by atoms with E-state index in [1.54, 1.807) is 11.8 Å². The number of ether oxygens (including phenoxy) is 1. The summed E-state index contributed by atoms with van der Waals surface area (Å²) >= 11 is 1.73. The average Bonchev–Trinajstić information content (AvgIpc) is 3.17. The minimum absolute atomic E-state index is 0.265. The fraction of sp³-hybridized carbons (Fsp3) is 0.933. The van der Waals surface area contributed by atoms with E-state index in [4.69, 9.17) is 4.74 Å². The van der Waals surface area contributed by atoms with E-state index in [0.717, 1.165) is 18.8 Å². The van der Waals surface area contributed by atoms with Gasteiger partial charge < -0.3 is 9.64 Å². The second-order valence-electron chi connectivity index (χ2n) is 6.34. The molecular formula is C15H27NO2S. The van der Waals surface area contributed by atoms with Crippen LogP contribution in [0.2, 0.25) is 0 Å². The van der Waals surface area contributed by atoms with E-state index in [-0.39, 0.29) is 5.91 Å². The van der Waals surface area contributed by atoms with Gasteiger partial charge in [-0.1, -0.05) is 6.92 Å². The van der Waals surface area contributed by atoms with Crippen molar-refractivity contribution in [3.63, 3.8) is 0 Å². The smallest absolute Gasteiger partial charge is 0.232 e. The van der Waals surface area contributed by atoms with E-state index in [1.165, 1.54) is 25.7 Å². The number of hydrogen-bond donors (Lipinski definition) is 0. The highest BCUT2D eigenvalue weighted by molar-refractivity contribution is 7.99. The molecule has 2 fully saturated rings. The highest BCUT2D eigenvalue weighted by atomic mass is 32.2. The lowest BCUT2D eigenvalue weighted by Crippen LogP contribution is -2.41. The van der Waals surface area contributed by atoms with Gasteiger partial charge in [0.15, 0.2) is 0 Å². The fourth-order valence-electron chi connectivity index (χ4n) is 2.62. The third-order valence-corrected chi connectivity index (χ3v) is 5.88. The van der Waals surface area contributed by atoms with Gasteiger partial charge in [0.2, 0.25) is 5.91 Å². The minimum Gasteiger partial charge on any atom is -0.377 e. The zero-order chi connectivity index (χ0) is 13.9. The Balaban J connectivity index is 1.65. The van der Waals surface area contributed by atoms with E-state index < -0.39 is 0 Å². The number of carbonyl (C=O) groups is 1. The first-order chi connectivity index (χ1) is 9.03. The molecule has 0 spiro atoms. The van der Waals surface area contributed by atoms with Gasteiger partial charge in [-0.15, -0.1) is 11.8 Å². The molecule has 2 aliphatic rings. The van der Waals surface area contributed by atoms with Crippen molar-refractivity contribution in [2.75, 3.05) is 25.2 Å². The lowest BCUT2D eigenvalue weighted by Gasteiger charge is -2.30. The summed E-state index contributed by atoms with van der Waals surface area (Å²) in [6.45, 7) is 5.36. The Morgan fingerprint density at radius 1 is 1.47 bits per heavy atom. The second-order valence-corrected chi connectivity index (χ2v) is 7.37. The molecule has 3 nitrogen and oxygen atoms in total. The summed E-state index contributed by atoms with van der Waals surface area (Å²) in [6.07, 6.45) is 6.51. The molecule has 2 rings (SSSR count). The summed E-state index contributed by atoms with van der Waals surface area (Å²) in [5.41, 5.74) is 0.377. The van der Waals surface area contributed by atoms with Gasteiger partial charge in [-0.05, 0) is 44.4 Å². The number of thioether (sulfide) groups is 1. The summed E-state index contributed by atoms with van der Waals surface area (Å²) in [5, 5.41) is 0. The normalized spacial score (nSPS) is 26.8. The third-order valence-electron chi connectivity index (χ3n) is 4.82. The molecule has 2 atom stereocenters. The monoisotopic (exact) mass is 285 g/mol. The van der Waals surface area contributed by atoms with Crippen molar-refractivity contribution in [2.45, 2.75) is 58.1 Å². The highest BCUT2D eigenvalue weighted by Gasteiger charge is 2.45. The quantitative estimate of drug-likeness (QED) is 0.751. The lowest BCUT2D eigenvalue weighted by atomic mass is 10.00. The number of rotatable bonds is 6. The van der Waals surface area contributed by atoms with E-state index in [0.29, 0.717) is 23.3 Å². The van der Waals surface area contributed by atoms with Crippen LogP contribution in [-0.4, -0.2) is 48.1 Å². The Morgan fingerprint density at radius 3 is 2.79 bits per heavy atom. The first-order valence-corrected chi connectivity index (χ1v) is 8.63. The van der Waals surface area contributed by atoms with Crippen molar-refractivity contribution < 1.29 is 9.53 Å². The van der Waals surface area contributed by atoms with Crippen molar-refractivity contribution in [3.8, 4) is 0 Å². The molecule has 0 aromatic heterocycles. The van der Waals surface area contributed by atoms with Crippen LogP contribution in [-0.2, 0) is 9.53 Å². The van der Waals surface area contributed by atoms with Crippen LogP contribution in [0.15, 0.2) is 0 Å².